The highest BCUT2D eigenvalue weighted by atomic mass is 19.1. The second-order valence-electron chi connectivity index (χ2n) is 4.43. The van der Waals surface area contributed by atoms with E-state index in [4.69, 9.17) is 0 Å². The van der Waals surface area contributed by atoms with Gasteiger partial charge in [-0.3, -0.25) is 10.1 Å². The van der Waals surface area contributed by atoms with Gasteiger partial charge in [0.05, 0.1) is 17.2 Å². The molecule has 0 aliphatic heterocycles. The summed E-state index contributed by atoms with van der Waals surface area (Å²) in [6.07, 6.45) is 4.33. The quantitative estimate of drug-likeness (QED) is 0.656. The lowest BCUT2D eigenvalue weighted by Gasteiger charge is -2.09. The Hall–Kier alpha value is -2.51. The van der Waals surface area contributed by atoms with Crippen molar-refractivity contribution in [3.05, 3.63) is 52.1 Å². The molecule has 0 atom stereocenters. The van der Waals surface area contributed by atoms with Crippen LogP contribution in [0.5, 0.6) is 0 Å². The van der Waals surface area contributed by atoms with E-state index in [-0.39, 0.29) is 12.2 Å². The maximum absolute atomic E-state index is 13.6. The van der Waals surface area contributed by atoms with Crippen molar-refractivity contribution in [2.75, 3.05) is 5.32 Å². The predicted molar refractivity (Wildman–Crippen MR) is 72.9 cm³/mol. The number of anilines is 1. The lowest BCUT2D eigenvalue weighted by molar-refractivity contribution is -0.387. The summed E-state index contributed by atoms with van der Waals surface area (Å²) in [5, 5.41) is 13.4. The Morgan fingerprint density at radius 3 is 2.81 bits per heavy atom. The number of nitrogens with zero attached hydrogens (tertiary/aromatic N) is 3. The number of hydrogen-bond donors (Lipinski definition) is 1. The summed E-state index contributed by atoms with van der Waals surface area (Å²) >= 11 is 0. The van der Waals surface area contributed by atoms with E-state index in [9.17, 15) is 18.9 Å². The van der Waals surface area contributed by atoms with Crippen LogP contribution < -0.4 is 5.32 Å². The third-order valence-electron chi connectivity index (χ3n) is 2.94. The van der Waals surface area contributed by atoms with E-state index in [0.29, 0.717) is 11.9 Å². The number of nitro benzene ring substituents is 1. The van der Waals surface area contributed by atoms with Crippen molar-refractivity contribution in [1.82, 2.24) is 9.55 Å². The third kappa shape index (κ3) is 3.33. The zero-order valence-corrected chi connectivity index (χ0v) is 11.3. The molecular formula is C13H14F2N4O2. The van der Waals surface area contributed by atoms with E-state index in [1.807, 2.05) is 11.5 Å². The normalized spacial score (nSPS) is 10.6. The number of aryl methyl sites for hydroxylation is 1. The molecule has 6 nitrogen and oxygen atoms in total. The van der Waals surface area contributed by atoms with E-state index < -0.39 is 22.2 Å². The van der Waals surface area contributed by atoms with Crippen LogP contribution in [0.2, 0.25) is 0 Å². The van der Waals surface area contributed by atoms with Gasteiger partial charge in [0.1, 0.15) is 11.6 Å². The van der Waals surface area contributed by atoms with E-state index in [0.717, 1.165) is 19.0 Å². The first-order valence-corrected chi connectivity index (χ1v) is 6.40. The van der Waals surface area contributed by atoms with Crippen molar-refractivity contribution in [1.29, 1.82) is 0 Å². The molecular weight excluding hydrogens is 282 g/mol. The van der Waals surface area contributed by atoms with Crippen LogP contribution in [0, 0.1) is 21.7 Å². The van der Waals surface area contributed by atoms with Crippen molar-refractivity contribution in [2.24, 2.45) is 0 Å². The number of halogens is 2. The van der Waals surface area contributed by atoms with Crippen molar-refractivity contribution in [3.63, 3.8) is 0 Å². The number of hydrogen-bond acceptors (Lipinski definition) is 4. The molecule has 1 aromatic carbocycles. The van der Waals surface area contributed by atoms with Crippen molar-refractivity contribution < 1.29 is 13.7 Å². The largest absolute Gasteiger partial charge is 0.375 e. The third-order valence-corrected chi connectivity index (χ3v) is 2.94. The molecule has 1 N–H and O–H groups in total. The molecule has 2 rings (SSSR count). The minimum absolute atomic E-state index is 0.130. The van der Waals surface area contributed by atoms with E-state index in [2.05, 4.69) is 10.3 Å². The van der Waals surface area contributed by atoms with Crippen molar-refractivity contribution in [2.45, 2.75) is 26.4 Å². The zero-order chi connectivity index (χ0) is 15.4. The molecule has 21 heavy (non-hydrogen) atoms. The average Bonchev–Trinajstić information content (AvgIpc) is 2.85. The van der Waals surface area contributed by atoms with Gasteiger partial charge in [-0.2, -0.15) is 4.39 Å². The Labute approximate surface area is 119 Å². The SMILES string of the molecule is CCCn1ccnc1CNc1cc([N+](=O)[O-])c(F)cc1F. The average molecular weight is 296 g/mol. The minimum Gasteiger partial charge on any atom is -0.375 e. The highest BCUT2D eigenvalue weighted by molar-refractivity contribution is 5.53. The highest BCUT2D eigenvalue weighted by Gasteiger charge is 2.18. The van der Waals surface area contributed by atoms with Gasteiger partial charge in [0.25, 0.3) is 0 Å². The Morgan fingerprint density at radius 1 is 1.38 bits per heavy atom. The fourth-order valence-corrected chi connectivity index (χ4v) is 1.94. The molecule has 0 fully saturated rings. The molecule has 0 aliphatic rings. The fourth-order valence-electron chi connectivity index (χ4n) is 1.94. The summed E-state index contributed by atoms with van der Waals surface area (Å²) in [5.74, 6) is -1.41. The number of imidazole rings is 1. The number of aromatic nitrogens is 2. The van der Waals surface area contributed by atoms with Crippen LogP contribution in [-0.4, -0.2) is 14.5 Å². The summed E-state index contributed by atoms with van der Waals surface area (Å²) in [5.41, 5.74) is -0.898. The molecule has 0 unspecified atom stereocenters. The van der Waals surface area contributed by atoms with Gasteiger partial charge in [-0.1, -0.05) is 6.92 Å². The van der Waals surface area contributed by atoms with Crippen LogP contribution in [-0.2, 0) is 13.1 Å². The molecule has 0 amide bonds. The summed E-state index contributed by atoms with van der Waals surface area (Å²) < 4.78 is 28.7. The Balaban J connectivity index is 2.18. The van der Waals surface area contributed by atoms with E-state index >= 15 is 0 Å². The molecule has 1 heterocycles. The number of nitro groups is 1. The smallest absolute Gasteiger partial charge is 0.307 e. The molecule has 0 saturated heterocycles. The summed E-state index contributed by atoms with van der Waals surface area (Å²) in [6, 6.07) is 1.34. The standard InChI is InChI=1S/C13H14F2N4O2/c1-2-4-18-5-3-16-13(18)8-17-11-7-12(19(20)21)10(15)6-9(11)14/h3,5-7,17H,2,4,8H2,1H3. The van der Waals surface area contributed by atoms with Crippen molar-refractivity contribution >= 4 is 11.4 Å². The topological polar surface area (TPSA) is 73.0 Å². The fraction of sp³-hybridized carbons (Fsp3) is 0.308. The monoisotopic (exact) mass is 296 g/mol. The summed E-state index contributed by atoms with van der Waals surface area (Å²) in [7, 11) is 0. The molecule has 1 aromatic heterocycles. The lowest BCUT2D eigenvalue weighted by atomic mass is 10.2. The molecule has 0 radical (unpaired) electrons. The van der Waals surface area contributed by atoms with Gasteiger partial charge >= 0.3 is 5.69 Å². The first-order valence-electron chi connectivity index (χ1n) is 6.40. The summed E-state index contributed by atoms with van der Waals surface area (Å²) in [6.45, 7) is 2.97. The van der Waals surface area contributed by atoms with Gasteiger partial charge in [-0.25, -0.2) is 9.37 Å². The van der Waals surface area contributed by atoms with Crippen LogP contribution in [0.15, 0.2) is 24.5 Å². The number of rotatable bonds is 6. The Morgan fingerprint density at radius 2 is 2.14 bits per heavy atom. The van der Waals surface area contributed by atoms with Gasteiger partial charge < -0.3 is 9.88 Å². The van der Waals surface area contributed by atoms with Gasteiger partial charge in [0.2, 0.25) is 5.82 Å². The van der Waals surface area contributed by atoms with Crippen LogP contribution >= 0.6 is 0 Å². The molecule has 0 aliphatic carbocycles. The van der Waals surface area contributed by atoms with Crippen LogP contribution in [0.3, 0.4) is 0 Å². The second-order valence-corrected chi connectivity index (χ2v) is 4.43. The second kappa shape index (κ2) is 6.29. The van der Waals surface area contributed by atoms with E-state index in [1.54, 1.807) is 12.4 Å². The Kier molecular flexibility index (Phi) is 4.46. The van der Waals surface area contributed by atoms with Crippen LogP contribution in [0.1, 0.15) is 19.2 Å². The van der Waals surface area contributed by atoms with Gasteiger partial charge in [0, 0.05) is 31.1 Å². The van der Waals surface area contributed by atoms with E-state index in [1.165, 1.54) is 0 Å². The first kappa shape index (κ1) is 14.9. The molecule has 8 heteroatoms. The first-order chi connectivity index (χ1) is 10.0. The molecule has 2 aromatic rings. The summed E-state index contributed by atoms with van der Waals surface area (Å²) in [4.78, 5) is 13.9. The highest BCUT2D eigenvalue weighted by Crippen LogP contribution is 2.25. The molecule has 0 spiro atoms. The van der Waals surface area contributed by atoms with Crippen LogP contribution in [0.25, 0.3) is 0 Å². The number of benzene rings is 1. The Bertz CT molecular complexity index is 658. The van der Waals surface area contributed by atoms with Gasteiger partial charge in [-0.15, -0.1) is 0 Å². The maximum Gasteiger partial charge on any atom is 0.307 e. The molecule has 0 saturated carbocycles. The van der Waals surface area contributed by atoms with Gasteiger partial charge in [0.15, 0.2) is 0 Å². The number of nitrogens with one attached hydrogen (secondary N) is 1. The molecule has 112 valence electrons. The lowest BCUT2D eigenvalue weighted by Crippen LogP contribution is -2.09. The maximum atomic E-state index is 13.6. The minimum atomic E-state index is -1.20. The zero-order valence-electron chi connectivity index (χ0n) is 11.3. The van der Waals surface area contributed by atoms with Crippen LogP contribution in [0.4, 0.5) is 20.2 Å². The predicted octanol–water partition coefficient (Wildman–Crippen LogP) is 3.09. The molecule has 0 bridgehead atoms. The van der Waals surface area contributed by atoms with Gasteiger partial charge in [-0.05, 0) is 6.42 Å². The van der Waals surface area contributed by atoms with Crippen molar-refractivity contribution in [3.8, 4) is 0 Å².